The van der Waals surface area contributed by atoms with Crippen molar-refractivity contribution in [3.05, 3.63) is 0 Å². The molecule has 1 fully saturated rings. The third-order valence-corrected chi connectivity index (χ3v) is 3.00. The van der Waals surface area contributed by atoms with Crippen molar-refractivity contribution in [3.63, 3.8) is 0 Å². The van der Waals surface area contributed by atoms with Gasteiger partial charge in [-0.1, -0.05) is 26.2 Å². The topological polar surface area (TPSA) is 40.5 Å². The van der Waals surface area contributed by atoms with Gasteiger partial charge in [0.25, 0.3) is 0 Å². The summed E-state index contributed by atoms with van der Waals surface area (Å²) in [7, 11) is 0. The van der Waals surface area contributed by atoms with Crippen molar-refractivity contribution in [2.75, 3.05) is 6.61 Å². The van der Waals surface area contributed by atoms with Crippen molar-refractivity contribution in [1.82, 2.24) is 0 Å². The quantitative estimate of drug-likeness (QED) is 0.678. The number of rotatable bonds is 3. The van der Waals surface area contributed by atoms with E-state index in [2.05, 4.69) is 0 Å². The number of aliphatic hydroxyl groups is 2. The lowest BCUT2D eigenvalue weighted by atomic mass is 9.81. The first-order chi connectivity index (χ1) is 5.75. The molecule has 1 aliphatic rings. The van der Waals surface area contributed by atoms with Crippen LogP contribution in [0.4, 0.5) is 0 Å². The maximum atomic E-state index is 9.78. The molecule has 72 valence electrons. The van der Waals surface area contributed by atoms with Gasteiger partial charge in [-0.15, -0.1) is 0 Å². The standard InChI is InChI=1S/C10H20O2/c1-8(7-11)10(12)9-5-3-2-4-6-9/h8-12H,2-7H2,1H3/t8-,10-/m1/s1. The predicted octanol–water partition coefficient (Wildman–Crippen LogP) is 1.56. The predicted molar refractivity (Wildman–Crippen MR) is 48.8 cm³/mol. The first kappa shape index (κ1) is 10.0. The maximum Gasteiger partial charge on any atom is 0.0615 e. The largest absolute Gasteiger partial charge is 0.396 e. The van der Waals surface area contributed by atoms with Gasteiger partial charge in [-0.2, -0.15) is 0 Å². The molecule has 0 aliphatic heterocycles. The van der Waals surface area contributed by atoms with E-state index >= 15 is 0 Å². The number of hydrogen-bond acceptors (Lipinski definition) is 2. The Balaban J connectivity index is 2.33. The van der Waals surface area contributed by atoms with Crippen molar-refractivity contribution in [1.29, 1.82) is 0 Å². The Bertz CT molecular complexity index is 119. The zero-order chi connectivity index (χ0) is 8.97. The number of hydrogen-bond donors (Lipinski definition) is 2. The fourth-order valence-corrected chi connectivity index (χ4v) is 2.05. The SMILES string of the molecule is C[C@H](CO)[C@@H](O)C1CCCCC1. The molecule has 0 aromatic heterocycles. The molecule has 2 heteroatoms. The zero-order valence-corrected chi connectivity index (χ0v) is 7.87. The van der Waals surface area contributed by atoms with Crippen LogP contribution in [0.2, 0.25) is 0 Å². The summed E-state index contributed by atoms with van der Waals surface area (Å²) in [5, 5.41) is 18.7. The van der Waals surface area contributed by atoms with Gasteiger partial charge in [0.15, 0.2) is 0 Å². The molecule has 1 saturated carbocycles. The smallest absolute Gasteiger partial charge is 0.0615 e. The minimum absolute atomic E-state index is 0.0492. The van der Waals surface area contributed by atoms with Crippen LogP contribution in [0, 0.1) is 11.8 Å². The lowest BCUT2D eigenvalue weighted by molar-refractivity contribution is 0.0171. The Morgan fingerprint density at radius 3 is 2.33 bits per heavy atom. The van der Waals surface area contributed by atoms with E-state index in [9.17, 15) is 5.11 Å². The Kier molecular flexibility index (Phi) is 4.02. The lowest BCUT2D eigenvalue weighted by Gasteiger charge is -2.29. The van der Waals surface area contributed by atoms with Crippen LogP contribution in [0.15, 0.2) is 0 Å². The highest BCUT2D eigenvalue weighted by Crippen LogP contribution is 2.29. The Labute approximate surface area is 74.6 Å². The van der Waals surface area contributed by atoms with Crippen LogP contribution in [-0.4, -0.2) is 22.9 Å². The van der Waals surface area contributed by atoms with Gasteiger partial charge in [0.05, 0.1) is 6.10 Å². The third kappa shape index (κ3) is 2.46. The second-order valence-corrected chi connectivity index (χ2v) is 4.05. The monoisotopic (exact) mass is 172 g/mol. The molecule has 0 saturated heterocycles. The molecule has 12 heavy (non-hydrogen) atoms. The van der Waals surface area contributed by atoms with Crippen molar-refractivity contribution >= 4 is 0 Å². The summed E-state index contributed by atoms with van der Waals surface area (Å²) in [6.45, 7) is 2.02. The highest BCUT2D eigenvalue weighted by Gasteiger charge is 2.25. The average molecular weight is 172 g/mol. The van der Waals surface area contributed by atoms with E-state index in [4.69, 9.17) is 5.11 Å². The molecule has 0 heterocycles. The number of aliphatic hydroxyl groups excluding tert-OH is 2. The molecule has 0 unspecified atom stereocenters. The fourth-order valence-electron chi connectivity index (χ4n) is 2.05. The molecule has 0 spiro atoms. The molecule has 1 aliphatic carbocycles. The molecule has 2 atom stereocenters. The van der Waals surface area contributed by atoms with Crippen LogP contribution in [0.3, 0.4) is 0 Å². The Morgan fingerprint density at radius 2 is 1.83 bits per heavy atom. The van der Waals surface area contributed by atoms with E-state index in [1.165, 1.54) is 19.3 Å². The Hall–Kier alpha value is -0.0800. The molecular weight excluding hydrogens is 152 g/mol. The zero-order valence-electron chi connectivity index (χ0n) is 7.87. The van der Waals surface area contributed by atoms with Crippen LogP contribution in [0.5, 0.6) is 0 Å². The van der Waals surface area contributed by atoms with Gasteiger partial charge in [-0.25, -0.2) is 0 Å². The van der Waals surface area contributed by atoms with E-state index < -0.39 is 0 Å². The fraction of sp³-hybridized carbons (Fsp3) is 1.00. The second-order valence-electron chi connectivity index (χ2n) is 4.05. The van der Waals surface area contributed by atoms with Crippen LogP contribution in [0.25, 0.3) is 0 Å². The van der Waals surface area contributed by atoms with Gasteiger partial charge in [0.1, 0.15) is 0 Å². The normalized spacial score (nSPS) is 25.2. The van der Waals surface area contributed by atoms with Gasteiger partial charge in [0.2, 0.25) is 0 Å². The van der Waals surface area contributed by atoms with E-state index in [1.54, 1.807) is 0 Å². The van der Waals surface area contributed by atoms with Crippen LogP contribution >= 0.6 is 0 Å². The molecule has 0 aromatic carbocycles. The maximum absolute atomic E-state index is 9.78. The van der Waals surface area contributed by atoms with Crippen LogP contribution < -0.4 is 0 Å². The second kappa shape index (κ2) is 4.83. The van der Waals surface area contributed by atoms with E-state index in [0.717, 1.165) is 12.8 Å². The molecule has 1 rings (SSSR count). The summed E-state index contributed by atoms with van der Waals surface area (Å²) in [6, 6.07) is 0. The molecular formula is C10H20O2. The summed E-state index contributed by atoms with van der Waals surface area (Å²) in [4.78, 5) is 0. The Morgan fingerprint density at radius 1 is 1.25 bits per heavy atom. The summed E-state index contributed by atoms with van der Waals surface area (Å²) >= 11 is 0. The van der Waals surface area contributed by atoms with Crippen molar-refractivity contribution in [2.45, 2.75) is 45.1 Å². The minimum Gasteiger partial charge on any atom is -0.396 e. The van der Waals surface area contributed by atoms with E-state index in [-0.39, 0.29) is 18.6 Å². The summed E-state index contributed by atoms with van der Waals surface area (Å²) in [6.07, 6.45) is 5.82. The van der Waals surface area contributed by atoms with Gasteiger partial charge >= 0.3 is 0 Å². The molecule has 0 amide bonds. The first-order valence-corrected chi connectivity index (χ1v) is 5.04. The molecule has 2 nitrogen and oxygen atoms in total. The van der Waals surface area contributed by atoms with E-state index in [0.29, 0.717) is 5.92 Å². The van der Waals surface area contributed by atoms with Crippen molar-refractivity contribution in [3.8, 4) is 0 Å². The van der Waals surface area contributed by atoms with E-state index in [1.807, 2.05) is 6.92 Å². The lowest BCUT2D eigenvalue weighted by Crippen LogP contribution is -2.30. The molecule has 0 aromatic rings. The van der Waals surface area contributed by atoms with Crippen LogP contribution in [0.1, 0.15) is 39.0 Å². The van der Waals surface area contributed by atoms with Gasteiger partial charge in [0, 0.05) is 12.5 Å². The third-order valence-electron chi connectivity index (χ3n) is 3.00. The summed E-state index contributed by atoms with van der Waals surface area (Å²) < 4.78 is 0. The van der Waals surface area contributed by atoms with Crippen molar-refractivity contribution < 1.29 is 10.2 Å². The van der Waals surface area contributed by atoms with Gasteiger partial charge in [-0.3, -0.25) is 0 Å². The summed E-state index contributed by atoms with van der Waals surface area (Å²) in [5.41, 5.74) is 0. The summed E-state index contributed by atoms with van der Waals surface area (Å²) in [5.74, 6) is 0.494. The minimum atomic E-state index is -0.282. The van der Waals surface area contributed by atoms with Gasteiger partial charge in [-0.05, 0) is 18.8 Å². The van der Waals surface area contributed by atoms with Crippen molar-refractivity contribution in [2.24, 2.45) is 11.8 Å². The highest BCUT2D eigenvalue weighted by molar-refractivity contribution is 4.76. The van der Waals surface area contributed by atoms with Crippen LogP contribution in [-0.2, 0) is 0 Å². The van der Waals surface area contributed by atoms with Gasteiger partial charge < -0.3 is 10.2 Å². The molecule has 2 N–H and O–H groups in total. The average Bonchev–Trinajstić information content (AvgIpc) is 2.17. The highest BCUT2D eigenvalue weighted by atomic mass is 16.3. The first-order valence-electron chi connectivity index (χ1n) is 5.04. The molecule has 0 bridgehead atoms. The molecule has 0 radical (unpaired) electrons.